The van der Waals surface area contributed by atoms with E-state index in [1.807, 2.05) is 24.3 Å². The van der Waals surface area contributed by atoms with Crippen LogP contribution in [0, 0.1) is 5.92 Å². The van der Waals surface area contributed by atoms with E-state index in [0.717, 1.165) is 23.4 Å². The lowest BCUT2D eigenvalue weighted by Crippen LogP contribution is -2.16. The van der Waals surface area contributed by atoms with Crippen molar-refractivity contribution in [1.29, 1.82) is 0 Å². The molecule has 0 fully saturated rings. The van der Waals surface area contributed by atoms with Crippen LogP contribution in [0.5, 0.6) is 0 Å². The van der Waals surface area contributed by atoms with Gasteiger partial charge in [-0.15, -0.1) is 11.8 Å². The molecule has 20 heavy (non-hydrogen) atoms. The SMILES string of the molecule is NC(=O)CSc1ccccc1NC(=O)C[C@@H]1C=CCC1. The highest BCUT2D eigenvalue weighted by Gasteiger charge is 2.15. The van der Waals surface area contributed by atoms with Crippen LogP contribution < -0.4 is 11.1 Å². The van der Waals surface area contributed by atoms with Crippen molar-refractivity contribution in [3.8, 4) is 0 Å². The first-order chi connectivity index (χ1) is 9.65. The van der Waals surface area contributed by atoms with E-state index >= 15 is 0 Å². The van der Waals surface area contributed by atoms with E-state index in [1.54, 1.807) is 0 Å². The van der Waals surface area contributed by atoms with Crippen LogP contribution in [0.4, 0.5) is 5.69 Å². The zero-order valence-electron chi connectivity index (χ0n) is 11.2. The van der Waals surface area contributed by atoms with Crippen molar-refractivity contribution in [2.45, 2.75) is 24.2 Å². The molecule has 0 radical (unpaired) electrons. The van der Waals surface area contributed by atoms with E-state index in [4.69, 9.17) is 5.73 Å². The molecule has 1 aliphatic rings. The molecule has 0 bridgehead atoms. The quantitative estimate of drug-likeness (QED) is 0.624. The highest BCUT2D eigenvalue weighted by atomic mass is 32.2. The fourth-order valence-corrected chi connectivity index (χ4v) is 2.90. The monoisotopic (exact) mass is 290 g/mol. The van der Waals surface area contributed by atoms with Crippen LogP contribution in [0.2, 0.25) is 0 Å². The second-order valence-electron chi connectivity index (χ2n) is 4.77. The summed E-state index contributed by atoms with van der Waals surface area (Å²) in [7, 11) is 0. The standard InChI is InChI=1S/C15H18N2O2S/c16-14(18)10-20-13-8-4-3-7-12(13)17-15(19)9-11-5-1-2-6-11/h1,3-5,7-8,11H,2,6,9-10H2,(H2,16,18)(H,17,19)/t11-/m1/s1. The number of allylic oxidation sites excluding steroid dienone is 2. The van der Waals surface area contributed by atoms with Crippen LogP contribution in [-0.2, 0) is 9.59 Å². The summed E-state index contributed by atoms with van der Waals surface area (Å²) >= 11 is 1.34. The topological polar surface area (TPSA) is 72.2 Å². The van der Waals surface area contributed by atoms with E-state index < -0.39 is 0 Å². The summed E-state index contributed by atoms with van der Waals surface area (Å²) in [6.07, 6.45) is 6.84. The van der Waals surface area contributed by atoms with Crippen LogP contribution in [0.1, 0.15) is 19.3 Å². The number of rotatable bonds is 6. The number of thioether (sulfide) groups is 1. The molecule has 2 rings (SSSR count). The Morgan fingerprint density at radius 1 is 1.35 bits per heavy atom. The molecule has 5 heteroatoms. The number of nitrogens with one attached hydrogen (secondary N) is 1. The van der Waals surface area contributed by atoms with Gasteiger partial charge in [0, 0.05) is 11.3 Å². The Kier molecular flexibility index (Phi) is 5.24. The van der Waals surface area contributed by atoms with E-state index in [-0.39, 0.29) is 17.6 Å². The van der Waals surface area contributed by atoms with E-state index in [0.29, 0.717) is 12.3 Å². The van der Waals surface area contributed by atoms with Crippen molar-refractivity contribution in [1.82, 2.24) is 0 Å². The maximum Gasteiger partial charge on any atom is 0.227 e. The molecule has 2 amide bonds. The average molecular weight is 290 g/mol. The highest BCUT2D eigenvalue weighted by molar-refractivity contribution is 8.00. The molecule has 106 valence electrons. The van der Waals surface area contributed by atoms with Crippen molar-refractivity contribution in [2.24, 2.45) is 11.7 Å². The number of hydrogen-bond donors (Lipinski definition) is 2. The largest absolute Gasteiger partial charge is 0.369 e. The minimum absolute atomic E-state index is 0.00803. The first kappa shape index (κ1) is 14.7. The third kappa shape index (κ3) is 4.42. The van der Waals surface area contributed by atoms with Gasteiger partial charge < -0.3 is 11.1 Å². The molecule has 1 aliphatic carbocycles. The molecule has 0 heterocycles. The van der Waals surface area contributed by atoms with Crippen LogP contribution >= 0.6 is 11.8 Å². The van der Waals surface area contributed by atoms with Gasteiger partial charge in [0.25, 0.3) is 0 Å². The zero-order chi connectivity index (χ0) is 14.4. The summed E-state index contributed by atoms with van der Waals surface area (Å²) in [5, 5.41) is 2.92. The lowest BCUT2D eigenvalue weighted by atomic mass is 10.1. The first-order valence-electron chi connectivity index (χ1n) is 6.62. The first-order valence-corrected chi connectivity index (χ1v) is 7.60. The Labute approximate surface area is 122 Å². The Morgan fingerprint density at radius 3 is 2.85 bits per heavy atom. The van der Waals surface area contributed by atoms with E-state index in [9.17, 15) is 9.59 Å². The third-order valence-electron chi connectivity index (χ3n) is 3.09. The number of amides is 2. The van der Waals surface area contributed by atoms with Crippen molar-refractivity contribution < 1.29 is 9.59 Å². The minimum Gasteiger partial charge on any atom is -0.369 e. The van der Waals surface area contributed by atoms with Gasteiger partial charge in [-0.25, -0.2) is 0 Å². The number of hydrogen-bond acceptors (Lipinski definition) is 3. The maximum absolute atomic E-state index is 12.0. The van der Waals surface area contributed by atoms with E-state index in [2.05, 4.69) is 17.5 Å². The molecule has 3 N–H and O–H groups in total. The smallest absolute Gasteiger partial charge is 0.227 e. The molecular formula is C15H18N2O2S. The lowest BCUT2D eigenvalue weighted by molar-refractivity contribution is -0.117. The molecular weight excluding hydrogens is 272 g/mol. The van der Waals surface area contributed by atoms with Gasteiger partial charge in [0.1, 0.15) is 0 Å². The van der Waals surface area contributed by atoms with Crippen LogP contribution in [0.3, 0.4) is 0 Å². The van der Waals surface area contributed by atoms with Gasteiger partial charge in [0.05, 0.1) is 11.4 Å². The van der Waals surface area contributed by atoms with Crippen molar-refractivity contribution in [2.75, 3.05) is 11.1 Å². The summed E-state index contributed by atoms with van der Waals surface area (Å²) in [6, 6.07) is 7.45. The number of carbonyl (C=O) groups is 2. The Morgan fingerprint density at radius 2 is 2.15 bits per heavy atom. The Balaban J connectivity index is 1.95. The van der Waals surface area contributed by atoms with Crippen LogP contribution in [0.25, 0.3) is 0 Å². The number of nitrogens with two attached hydrogens (primary N) is 1. The van der Waals surface area contributed by atoms with Crippen molar-refractivity contribution in [3.05, 3.63) is 36.4 Å². The van der Waals surface area contributed by atoms with E-state index in [1.165, 1.54) is 11.8 Å². The van der Waals surface area contributed by atoms with Crippen LogP contribution in [-0.4, -0.2) is 17.6 Å². The predicted molar refractivity (Wildman–Crippen MR) is 81.5 cm³/mol. The number of benzene rings is 1. The fraction of sp³-hybridized carbons (Fsp3) is 0.333. The number of anilines is 1. The highest BCUT2D eigenvalue weighted by Crippen LogP contribution is 2.27. The summed E-state index contributed by atoms with van der Waals surface area (Å²) in [5.41, 5.74) is 5.89. The molecule has 1 aromatic carbocycles. The molecule has 1 atom stereocenters. The summed E-state index contributed by atoms with van der Waals surface area (Å²) in [5.74, 6) is 0.194. The van der Waals surface area contributed by atoms with Gasteiger partial charge >= 0.3 is 0 Å². The Hall–Kier alpha value is -1.75. The molecule has 0 saturated heterocycles. The molecule has 4 nitrogen and oxygen atoms in total. The average Bonchev–Trinajstić information content (AvgIpc) is 2.90. The van der Waals surface area contributed by atoms with Gasteiger partial charge in [-0.1, -0.05) is 24.3 Å². The minimum atomic E-state index is -0.368. The number of para-hydroxylation sites is 1. The van der Waals surface area contributed by atoms with Gasteiger partial charge in [-0.3, -0.25) is 9.59 Å². The molecule has 0 aromatic heterocycles. The summed E-state index contributed by atoms with van der Waals surface area (Å²) in [4.78, 5) is 23.7. The molecule has 0 unspecified atom stereocenters. The maximum atomic E-state index is 12.0. The normalized spacial score (nSPS) is 17.1. The second-order valence-corrected chi connectivity index (χ2v) is 5.79. The predicted octanol–water partition coefficient (Wildman–Crippen LogP) is 2.56. The molecule has 0 spiro atoms. The lowest BCUT2D eigenvalue weighted by Gasteiger charge is -2.12. The second kappa shape index (κ2) is 7.14. The molecule has 1 aromatic rings. The van der Waals surface area contributed by atoms with Gasteiger partial charge in [0.15, 0.2) is 0 Å². The summed E-state index contributed by atoms with van der Waals surface area (Å²) in [6.45, 7) is 0. The number of primary amides is 1. The Bertz CT molecular complexity index is 528. The van der Waals surface area contributed by atoms with Gasteiger partial charge in [-0.2, -0.15) is 0 Å². The molecule has 0 aliphatic heterocycles. The van der Waals surface area contributed by atoms with Gasteiger partial charge in [-0.05, 0) is 30.9 Å². The zero-order valence-corrected chi connectivity index (χ0v) is 12.0. The van der Waals surface area contributed by atoms with Crippen molar-refractivity contribution >= 4 is 29.3 Å². The molecule has 0 saturated carbocycles. The number of carbonyl (C=O) groups excluding carboxylic acids is 2. The van der Waals surface area contributed by atoms with Crippen LogP contribution in [0.15, 0.2) is 41.3 Å². The third-order valence-corrected chi connectivity index (χ3v) is 4.19. The summed E-state index contributed by atoms with van der Waals surface area (Å²) < 4.78 is 0. The van der Waals surface area contributed by atoms with Crippen molar-refractivity contribution in [3.63, 3.8) is 0 Å². The fourth-order valence-electron chi connectivity index (χ4n) is 2.15. The van der Waals surface area contributed by atoms with Gasteiger partial charge in [0.2, 0.25) is 11.8 Å².